The summed E-state index contributed by atoms with van der Waals surface area (Å²) in [7, 11) is -4.51. The number of nitrogens with zero attached hydrogens (tertiary/aromatic N) is 2. The summed E-state index contributed by atoms with van der Waals surface area (Å²) in [5, 5.41) is 5.40. The highest BCUT2D eigenvalue weighted by molar-refractivity contribution is 7.85. The van der Waals surface area contributed by atoms with Gasteiger partial charge in [0.15, 0.2) is 0 Å². The van der Waals surface area contributed by atoms with Crippen molar-refractivity contribution in [3.05, 3.63) is 47.3 Å². The Morgan fingerprint density at radius 2 is 1.83 bits per heavy atom. The molecule has 6 rings (SSSR count). The zero-order valence-corrected chi connectivity index (χ0v) is 31.3. The second kappa shape index (κ2) is 14.5. The SMILES string of the molecule is CC(C)(C)OC(=O)N[C@H]1CCCCC/C=C\[C@H]2C[C@@]2(C(=O)NS(=O)(=O)OC2(C)CC2)NC(=O)[C@@H]2C[C@@H](OC(=O)N3Cc4cccc(F)c4C3)CN2C1=O. The molecule has 5 aliphatic rings. The number of fused-ring (bicyclic) bond motifs is 3. The fourth-order valence-electron chi connectivity index (χ4n) is 7.09. The Bertz CT molecular complexity index is 1790. The number of benzene rings is 1. The minimum Gasteiger partial charge on any atom is -0.444 e. The Morgan fingerprint density at radius 3 is 2.53 bits per heavy atom. The number of ether oxygens (including phenoxy) is 2. The van der Waals surface area contributed by atoms with E-state index in [9.17, 15) is 36.8 Å². The molecule has 3 heterocycles. The van der Waals surface area contributed by atoms with E-state index in [0.717, 1.165) is 6.42 Å². The van der Waals surface area contributed by atoms with Crippen molar-refractivity contribution in [1.29, 1.82) is 0 Å². The molecule has 1 aromatic rings. The molecule has 2 saturated carbocycles. The second-order valence-corrected chi connectivity index (χ2v) is 17.2. The van der Waals surface area contributed by atoms with E-state index in [4.69, 9.17) is 13.7 Å². The highest BCUT2D eigenvalue weighted by atomic mass is 32.2. The van der Waals surface area contributed by atoms with E-state index in [1.54, 1.807) is 45.9 Å². The number of carbonyl (C=O) groups excluding carboxylic acids is 5. The van der Waals surface area contributed by atoms with Gasteiger partial charge < -0.3 is 25.0 Å². The predicted molar refractivity (Wildman–Crippen MR) is 186 cm³/mol. The topological polar surface area (TPSA) is 190 Å². The Morgan fingerprint density at radius 1 is 1.08 bits per heavy atom. The van der Waals surface area contributed by atoms with Gasteiger partial charge in [-0.15, -0.1) is 0 Å². The van der Waals surface area contributed by atoms with Crippen LogP contribution >= 0.6 is 0 Å². The molecule has 5 atom stereocenters. The molecule has 5 amide bonds. The average Bonchev–Trinajstić information content (AvgIpc) is 3.80. The smallest absolute Gasteiger partial charge is 0.410 e. The standard InChI is InChI=1S/C36H48FN5O10S/c1-34(2,3)51-32(46)38-27-14-9-7-5-6-8-12-23-18-36(23,31(45)40-53(48,49)52-35(4)15-16-35)39-29(43)28-17-24(20-42(28)30(27)44)50-33(47)41-19-22-11-10-13-26(37)25(22)21-41/h8,10-13,23-24,27-28H,5-7,9,14-21H2,1-4H3,(H,38,46)(H,39,43)(H,40,45)/b12-8-/t23-,24+,27-,28-,36+/m0/s1. The summed E-state index contributed by atoms with van der Waals surface area (Å²) in [6.07, 6.45) is 4.93. The molecule has 17 heteroatoms. The third-order valence-corrected chi connectivity index (χ3v) is 11.3. The number of carbonyl (C=O) groups is 5. The zero-order valence-electron chi connectivity index (χ0n) is 30.4. The molecular formula is C36H48FN5O10S. The number of nitrogens with one attached hydrogen (secondary N) is 3. The maximum absolute atomic E-state index is 14.4. The number of alkyl carbamates (subject to hydrolysis) is 1. The van der Waals surface area contributed by atoms with Gasteiger partial charge in [-0.25, -0.2) is 22.9 Å². The summed E-state index contributed by atoms with van der Waals surface area (Å²) >= 11 is 0. The normalized spacial score (nSPS) is 28.9. The number of allylic oxidation sites excluding steroid dienone is 1. The molecular weight excluding hydrogens is 713 g/mol. The quantitative estimate of drug-likeness (QED) is 0.362. The van der Waals surface area contributed by atoms with Gasteiger partial charge >= 0.3 is 22.5 Å². The first kappa shape index (κ1) is 38.5. The van der Waals surface area contributed by atoms with Crippen molar-refractivity contribution in [2.45, 2.75) is 134 Å². The van der Waals surface area contributed by atoms with Crippen molar-refractivity contribution in [2.24, 2.45) is 5.92 Å². The number of halogens is 1. The third kappa shape index (κ3) is 9.11. The van der Waals surface area contributed by atoms with Crippen molar-refractivity contribution in [3.8, 4) is 0 Å². The summed E-state index contributed by atoms with van der Waals surface area (Å²) in [4.78, 5) is 71.0. The Kier molecular flexibility index (Phi) is 10.5. The van der Waals surface area contributed by atoms with Gasteiger partial charge in [-0.2, -0.15) is 8.42 Å². The number of hydrogen-bond donors (Lipinski definition) is 3. The highest BCUT2D eigenvalue weighted by Gasteiger charge is 2.62. The fourth-order valence-corrected chi connectivity index (χ4v) is 8.24. The summed E-state index contributed by atoms with van der Waals surface area (Å²) in [5.74, 6) is -3.34. The zero-order chi connectivity index (χ0) is 38.3. The maximum atomic E-state index is 14.4. The van der Waals surface area contributed by atoms with Gasteiger partial charge in [0.05, 0.1) is 18.7 Å². The van der Waals surface area contributed by atoms with Crippen LogP contribution in [0.1, 0.15) is 96.6 Å². The lowest BCUT2D eigenvalue weighted by molar-refractivity contribution is -0.141. The van der Waals surface area contributed by atoms with Crippen LogP contribution < -0.4 is 15.4 Å². The van der Waals surface area contributed by atoms with Gasteiger partial charge in [-0.1, -0.05) is 37.1 Å². The lowest BCUT2D eigenvalue weighted by atomic mass is 10.0. The lowest BCUT2D eigenvalue weighted by Gasteiger charge is -2.30. The molecule has 0 bridgehead atoms. The van der Waals surface area contributed by atoms with Crippen molar-refractivity contribution < 1.29 is 50.4 Å². The molecule has 0 radical (unpaired) electrons. The first-order chi connectivity index (χ1) is 24.9. The van der Waals surface area contributed by atoms with Gasteiger partial charge in [-0.05, 0) is 77.8 Å². The van der Waals surface area contributed by atoms with Crippen LogP contribution in [0.2, 0.25) is 0 Å². The van der Waals surface area contributed by atoms with E-state index in [0.29, 0.717) is 43.2 Å². The van der Waals surface area contributed by atoms with Crippen LogP contribution in [-0.2, 0) is 51.4 Å². The molecule has 3 fully saturated rings. The van der Waals surface area contributed by atoms with E-state index in [1.807, 2.05) is 10.8 Å². The van der Waals surface area contributed by atoms with Crippen molar-refractivity contribution in [1.82, 2.24) is 25.2 Å². The van der Waals surface area contributed by atoms with Gasteiger partial charge in [-0.3, -0.25) is 19.3 Å². The van der Waals surface area contributed by atoms with E-state index in [-0.39, 0.29) is 38.9 Å². The molecule has 290 valence electrons. The van der Waals surface area contributed by atoms with Gasteiger partial charge in [0, 0.05) is 24.4 Å². The molecule has 2 aliphatic carbocycles. The maximum Gasteiger partial charge on any atom is 0.410 e. The number of rotatable bonds is 6. The molecule has 0 spiro atoms. The molecule has 1 saturated heterocycles. The Labute approximate surface area is 308 Å². The lowest BCUT2D eigenvalue weighted by Crippen LogP contribution is -2.58. The Hall–Kier alpha value is -4.25. The molecule has 3 N–H and O–H groups in total. The van der Waals surface area contributed by atoms with Gasteiger partial charge in [0.1, 0.15) is 35.1 Å². The fraction of sp³-hybridized carbons (Fsp3) is 0.639. The van der Waals surface area contributed by atoms with E-state index >= 15 is 0 Å². The van der Waals surface area contributed by atoms with E-state index in [1.165, 1.54) is 15.9 Å². The first-order valence-electron chi connectivity index (χ1n) is 18.2. The summed E-state index contributed by atoms with van der Waals surface area (Å²) in [5.41, 5.74) is -2.38. The van der Waals surface area contributed by atoms with Gasteiger partial charge in [0.2, 0.25) is 11.8 Å². The minimum atomic E-state index is -4.51. The minimum absolute atomic E-state index is 0.0136. The first-order valence-corrected chi connectivity index (χ1v) is 19.6. The van der Waals surface area contributed by atoms with Crippen LogP contribution in [0, 0.1) is 11.7 Å². The van der Waals surface area contributed by atoms with Crippen LogP contribution in [0.4, 0.5) is 14.0 Å². The van der Waals surface area contributed by atoms with Crippen LogP contribution in [0.5, 0.6) is 0 Å². The highest BCUT2D eigenvalue weighted by Crippen LogP contribution is 2.46. The third-order valence-electron chi connectivity index (χ3n) is 10.3. The van der Waals surface area contributed by atoms with Crippen LogP contribution in [0.15, 0.2) is 30.4 Å². The van der Waals surface area contributed by atoms with E-state index < -0.39 is 86.9 Å². The number of amides is 5. The molecule has 0 unspecified atom stereocenters. The average molecular weight is 762 g/mol. The van der Waals surface area contributed by atoms with Crippen LogP contribution in [-0.4, -0.2) is 89.6 Å². The predicted octanol–water partition coefficient (Wildman–Crippen LogP) is 3.47. The second-order valence-electron chi connectivity index (χ2n) is 15.9. The summed E-state index contributed by atoms with van der Waals surface area (Å²) < 4.78 is 58.4. The molecule has 15 nitrogen and oxygen atoms in total. The molecule has 0 aromatic heterocycles. The van der Waals surface area contributed by atoms with E-state index in [2.05, 4.69) is 10.6 Å². The molecule has 3 aliphatic heterocycles. The number of hydrogen-bond acceptors (Lipinski definition) is 10. The Balaban J connectivity index is 1.25. The molecule has 53 heavy (non-hydrogen) atoms. The van der Waals surface area contributed by atoms with Crippen LogP contribution in [0.3, 0.4) is 0 Å². The molecule has 1 aromatic carbocycles. The summed E-state index contributed by atoms with van der Waals surface area (Å²) in [6, 6.07) is 2.22. The van der Waals surface area contributed by atoms with Crippen molar-refractivity contribution in [2.75, 3.05) is 6.54 Å². The monoisotopic (exact) mass is 761 g/mol. The van der Waals surface area contributed by atoms with Crippen molar-refractivity contribution in [3.63, 3.8) is 0 Å². The largest absolute Gasteiger partial charge is 0.444 e. The van der Waals surface area contributed by atoms with Crippen molar-refractivity contribution >= 4 is 40.2 Å². The summed E-state index contributed by atoms with van der Waals surface area (Å²) in [6.45, 7) is 6.56. The van der Waals surface area contributed by atoms with Crippen LogP contribution in [0.25, 0.3) is 0 Å². The van der Waals surface area contributed by atoms with Gasteiger partial charge in [0.25, 0.3) is 5.91 Å².